The molecule has 0 unspecified atom stereocenters. The van der Waals surface area contributed by atoms with Crippen molar-refractivity contribution in [3.63, 3.8) is 0 Å². The molecular weight excluding hydrogens is 210 g/mol. The first kappa shape index (κ1) is 12.1. The summed E-state index contributed by atoms with van der Waals surface area (Å²) in [6.45, 7) is 3.15. The average Bonchev–Trinajstić information content (AvgIpc) is 2.38. The molecule has 1 aromatic rings. The lowest BCUT2D eigenvalue weighted by Crippen LogP contribution is -2.29. The van der Waals surface area contributed by atoms with Gasteiger partial charge in [-0.15, -0.1) is 0 Å². The normalized spacial score (nSPS) is 16.6. The lowest BCUT2D eigenvalue weighted by molar-refractivity contribution is -0.107. The van der Waals surface area contributed by atoms with Crippen molar-refractivity contribution < 1.29 is 4.79 Å². The summed E-state index contributed by atoms with van der Waals surface area (Å²) in [5.41, 5.74) is 2.78. The SMILES string of the molecule is O=CCCC1=CCCN(Cc2ccccc2)C1. The molecule has 0 fully saturated rings. The van der Waals surface area contributed by atoms with Gasteiger partial charge >= 0.3 is 0 Å². The molecule has 0 aliphatic carbocycles. The largest absolute Gasteiger partial charge is 0.303 e. The van der Waals surface area contributed by atoms with E-state index < -0.39 is 0 Å². The van der Waals surface area contributed by atoms with Crippen molar-refractivity contribution >= 4 is 6.29 Å². The first-order chi connectivity index (χ1) is 8.38. The zero-order chi connectivity index (χ0) is 11.9. The minimum Gasteiger partial charge on any atom is -0.303 e. The topological polar surface area (TPSA) is 20.3 Å². The summed E-state index contributed by atoms with van der Waals surface area (Å²) in [6.07, 6.45) is 6.00. The van der Waals surface area contributed by atoms with Crippen LogP contribution >= 0.6 is 0 Å². The van der Waals surface area contributed by atoms with Gasteiger partial charge in [0.2, 0.25) is 0 Å². The van der Waals surface area contributed by atoms with Crippen LogP contribution in [0.1, 0.15) is 24.8 Å². The van der Waals surface area contributed by atoms with E-state index in [2.05, 4.69) is 41.3 Å². The molecule has 2 rings (SSSR count). The van der Waals surface area contributed by atoms with Crippen LogP contribution in [-0.2, 0) is 11.3 Å². The third-order valence-corrected chi connectivity index (χ3v) is 3.14. The molecule has 0 saturated heterocycles. The van der Waals surface area contributed by atoms with Crippen LogP contribution in [0.25, 0.3) is 0 Å². The maximum atomic E-state index is 10.4. The highest BCUT2D eigenvalue weighted by molar-refractivity contribution is 5.49. The van der Waals surface area contributed by atoms with Gasteiger partial charge in [-0.25, -0.2) is 0 Å². The van der Waals surface area contributed by atoms with Crippen LogP contribution in [0.5, 0.6) is 0 Å². The maximum Gasteiger partial charge on any atom is 0.120 e. The highest BCUT2D eigenvalue weighted by Crippen LogP contribution is 2.16. The van der Waals surface area contributed by atoms with Crippen molar-refractivity contribution in [1.82, 2.24) is 4.90 Å². The summed E-state index contributed by atoms with van der Waals surface area (Å²) in [4.78, 5) is 12.8. The molecule has 0 amide bonds. The van der Waals surface area contributed by atoms with Crippen LogP contribution in [0.3, 0.4) is 0 Å². The highest BCUT2D eigenvalue weighted by atomic mass is 16.1. The lowest BCUT2D eigenvalue weighted by Gasteiger charge is -2.27. The summed E-state index contributed by atoms with van der Waals surface area (Å²) in [5, 5.41) is 0. The Balaban J connectivity index is 1.87. The van der Waals surface area contributed by atoms with E-state index in [0.717, 1.165) is 38.8 Å². The van der Waals surface area contributed by atoms with Crippen molar-refractivity contribution in [1.29, 1.82) is 0 Å². The Labute approximate surface area is 103 Å². The van der Waals surface area contributed by atoms with E-state index in [0.29, 0.717) is 6.42 Å². The minimum absolute atomic E-state index is 0.658. The van der Waals surface area contributed by atoms with Gasteiger partial charge in [0.1, 0.15) is 6.29 Å². The van der Waals surface area contributed by atoms with Crippen molar-refractivity contribution in [2.24, 2.45) is 0 Å². The van der Waals surface area contributed by atoms with Gasteiger partial charge in [-0.3, -0.25) is 4.90 Å². The van der Waals surface area contributed by atoms with Crippen molar-refractivity contribution in [2.45, 2.75) is 25.8 Å². The predicted molar refractivity (Wildman–Crippen MR) is 69.7 cm³/mol. The second-order valence-electron chi connectivity index (χ2n) is 4.55. The van der Waals surface area contributed by atoms with Gasteiger partial charge in [-0.05, 0) is 18.4 Å². The summed E-state index contributed by atoms with van der Waals surface area (Å²) >= 11 is 0. The highest BCUT2D eigenvalue weighted by Gasteiger charge is 2.12. The fourth-order valence-corrected chi connectivity index (χ4v) is 2.28. The number of carbonyl (C=O) groups is 1. The average molecular weight is 229 g/mol. The van der Waals surface area contributed by atoms with Gasteiger partial charge in [0.05, 0.1) is 0 Å². The van der Waals surface area contributed by atoms with E-state index in [4.69, 9.17) is 0 Å². The molecule has 17 heavy (non-hydrogen) atoms. The van der Waals surface area contributed by atoms with Gasteiger partial charge in [-0.2, -0.15) is 0 Å². The summed E-state index contributed by atoms with van der Waals surface area (Å²) < 4.78 is 0. The Morgan fingerprint density at radius 1 is 1.24 bits per heavy atom. The van der Waals surface area contributed by atoms with Crippen LogP contribution in [0.2, 0.25) is 0 Å². The molecule has 0 saturated carbocycles. The maximum absolute atomic E-state index is 10.4. The van der Waals surface area contributed by atoms with Crippen molar-refractivity contribution in [3.8, 4) is 0 Å². The molecule has 0 atom stereocenters. The molecule has 0 bridgehead atoms. The molecule has 90 valence electrons. The Bertz CT molecular complexity index is 383. The lowest BCUT2D eigenvalue weighted by atomic mass is 10.0. The molecule has 0 aromatic heterocycles. The Kier molecular flexibility index (Phi) is 4.51. The van der Waals surface area contributed by atoms with Crippen LogP contribution in [0.15, 0.2) is 42.0 Å². The number of aldehydes is 1. The molecule has 2 heteroatoms. The van der Waals surface area contributed by atoms with E-state index in [1.54, 1.807) is 0 Å². The molecule has 1 aliphatic heterocycles. The quantitative estimate of drug-likeness (QED) is 0.571. The van der Waals surface area contributed by atoms with Crippen LogP contribution in [-0.4, -0.2) is 24.3 Å². The van der Waals surface area contributed by atoms with E-state index in [-0.39, 0.29) is 0 Å². The van der Waals surface area contributed by atoms with Gasteiger partial charge in [0.15, 0.2) is 0 Å². The second-order valence-corrected chi connectivity index (χ2v) is 4.55. The van der Waals surface area contributed by atoms with E-state index in [9.17, 15) is 4.79 Å². The zero-order valence-corrected chi connectivity index (χ0v) is 10.1. The second kappa shape index (κ2) is 6.36. The fourth-order valence-electron chi connectivity index (χ4n) is 2.28. The summed E-state index contributed by atoms with van der Waals surface area (Å²) in [7, 11) is 0. The third kappa shape index (κ3) is 3.82. The van der Waals surface area contributed by atoms with Crippen LogP contribution in [0, 0.1) is 0 Å². The molecule has 0 spiro atoms. The van der Waals surface area contributed by atoms with E-state index >= 15 is 0 Å². The number of benzene rings is 1. The van der Waals surface area contributed by atoms with Gasteiger partial charge in [-0.1, -0.05) is 42.0 Å². The van der Waals surface area contributed by atoms with E-state index in [1.807, 2.05) is 0 Å². The third-order valence-electron chi connectivity index (χ3n) is 3.14. The molecule has 0 radical (unpaired) electrons. The Morgan fingerprint density at radius 2 is 2.06 bits per heavy atom. The van der Waals surface area contributed by atoms with E-state index in [1.165, 1.54) is 11.1 Å². The zero-order valence-electron chi connectivity index (χ0n) is 10.1. The molecule has 0 N–H and O–H groups in total. The number of hydrogen-bond acceptors (Lipinski definition) is 2. The number of rotatable bonds is 5. The minimum atomic E-state index is 0.658. The van der Waals surface area contributed by atoms with Gasteiger partial charge in [0, 0.05) is 26.1 Å². The fraction of sp³-hybridized carbons (Fsp3) is 0.400. The smallest absolute Gasteiger partial charge is 0.120 e. The van der Waals surface area contributed by atoms with Crippen LogP contribution in [0.4, 0.5) is 0 Å². The van der Waals surface area contributed by atoms with Crippen molar-refractivity contribution in [2.75, 3.05) is 13.1 Å². The first-order valence-corrected chi connectivity index (χ1v) is 6.26. The molecule has 1 aliphatic rings. The van der Waals surface area contributed by atoms with Crippen molar-refractivity contribution in [3.05, 3.63) is 47.5 Å². The van der Waals surface area contributed by atoms with Crippen LogP contribution < -0.4 is 0 Å². The Hall–Kier alpha value is -1.41. The standard InChI is InChI=1S/C15H19NO/c17-11-5-9-15-8-4-10-16(13-15)12-14-6-2-1-3-7-14/h1-3,6-8,11H,4-5,9-10,12-13H2. The Morgan fingerprint density at radius 3 is 2.82 bits per heavy atom. The first-order valence-electron chi connectivity index (χ1n) is 6.26. The molecule has 1 aromatic carbocycles. The predicted octanol–water partition coefficient (Wildman–Crippen LogP) is 2.80. The molecule has 1 heterocycles. The summed E-state index contributed by atoms with van der Waals surface area (Å²) in [6, 6.07) is 10.6. The van der Waals surface area contributed by atoms with Gasteiger partial charge in [0.25, 0.3) is 0 Å². The monoisotopic (exact) mass is 229 g/mol. The molecule has 2 nitrogen and oxygen atoms in total. The summed E-state index contributed by atoms with van der Waals surface area (Å²) in [5.74, 6) is 0. The number of carbonyl (C=O) groups excluding carboxylic acids is 1. The molecular formula is C15H19NO. The number of nitrogens with zero attached hydrogens (tertiary/aromatic N) is 1. The van der Waals surface area contributed by atoms with Gasteiger partial charge < -0.3 is 4.79 Å². The number of hydrogen-bond donors (Lipinski definition) is 0.